The highest BCUT2D eigenvalue weighted by Gasteiger charge is 2.48. The summed E-state index contributed by atoms with van der Waals surface area (Å²) in [6.07, 6.45) is 3.07. The van der Waals surface area contributed by atoms with Crippen LogP contribution in [0.15, 0.2) is 24.3 Å². The zero-order valence-electron chi connectivity index (χ0n) is 8.52. The lowest BCUT2D eigenvalue weighted by atomic mass is 9.99. The van der Waals surface area contributed by atoms with E-state index in [1.807, 2.05) is 0 Å². The molecule has 1 saturated carbocycles. The maximum Gasteiger partial charge on any atom is 0.306 e. The van der Waals surface area contributed by atoms with E-state index in [-0.39, 0.29) is 5.92 Å². The summed E-state index contributed by atoms with van der Waals surface area (Å²) in [6, 6.07) is 8.49. The summed E-state index contributed by atoms with van der Waals surface area (Å²) in [5.74, 6) is 0.374. The van der Waals surface area contributed by atoms with Crippen LogP contribution in [0.2, 0.25) is 0 Å². The van der Waals surface area contributed by atoms with Crippen molar-refractivity contribution in [3.63, 3.8) is 0 Å². The van der Waals surface area contributed by atoms with E-state index in [2.05, 4.69) is 24.3 Å². The van der Waals surface area contributed by atoms with Gasteiger partial charge in [-0.3, -0.25) is 4.79 Å². The molecule has 3 rings (SSSR count). The smallest absolute Gasteiger partial charge is 0.306 e. The second-order valence-electron chi connectivity index (χ2n) is 4.78. The monoisotopic (exact) mass is 202 g/mol. The van der Waals surface area contributed by atoms with Crippen LogP contribution in [0.4, 0.5) is 0 Å². The van der Waals surface area contributed by atoms with Gasteiger partial charge in [0.2, 0.25) is 0 Å². The van der Waals surface area contributed by atoms with Gasteiger partial charge in [0.25, 0.3) is 0 Å². The lowest BCUT2D eigenvalue weighted by molar-refractivity contribution is -0.139. The highest BCUT2D eigenvalue weighted by Crippen LogP contribution is 2.49. The van der Waals surface area contributed by atoms with Crippen molar-refractivity contribution in [1.29, 1.82) is 0 Å². The standard InChI is InChI=1S/C13H14O2/c14-13(15)12-7-11(12)10-5-8-3-1-2-4-9(8)6-10/h1-4,10-12H,5-7H2,(H,14,15). The molecule has 0 heterocycles. The molecule has 1 aromatic rings. The molecule has 15 heavy (non-hydrogen) atoms. The van der Waals surface area contributed by atoms with Gasteiger partial charge in [0, 0.05) is 0 Å². The van der Waals surface area contributed by atoms with Gasteiger partial charge in [0.05, 0.1) is 5.92 Å². The van der Waals surface area contributed by atoms with Crippen LogP contribution < -0.4 is 0 Å². The third-order valence-corrected chi connectivity index (χ3v) is 3.85. The fourth-order valence-electron chi connectivity index (χ4n) is 2.92. The van der Waals surface area contributed by atoms with Crippen molar-refractivity contribution in [2.75, 3.05) is 0 Å². The Morgan fingerprint density at radius 2 is 1.80 bits per heavy atom. The number of carbonyl (C=O) groups is 1. The minimum absolute atomic E-state index is 0.0516. The average Bonchev–Trinajstić information content (AvgIpc) is 2.91. The largest absolute Gasteiger partial charge is 0.481 e. The molecular weight excluding hydrogens is 188 g/mol. The zero-order valence-corrected chi connectivity index (χ0v) is 8.52. The Hall–Kier alpha value is -1.31. The number of rotatable bonds is 2. The van der Waals surface area contributed by atoms with Crippen molar-refractivity contribution in [2.45, 2.75) is 19.3 Å². The molecule has 78 valence electrons. The van der Waals surface area contributed by atoms with E-state index in [0.717, 1.165) is 19.3 Å². The molecule has 2 nitrogen and oxygen atoms in total. The molecule has 0 aliphatic heterocycles. The molecule has 0 radical (unpaired) electrons. The van der Waals surface area contributed by atoms with Crippen molar-refractivity contribution in [2.24, 2.45) is 17.8 Å². The van der Waals surface area contributed by atoms with Crippen LogP contribution in [-0.4, -0.2) is 11.1 Å². The summed E-state index contributed by atoms with van der Waals surface area (Å²) in [4.78, 5) is 10.8. The van der Waals surface area contributed by atoms with Gasteiger partial charge >= 0.3 is 5.97 Å². The summed E-state index contributed by atoms with van der Waals surface area (Å²) in [5.41, 5.74) is 2.86. The minimum Gasteiger partial charge on any atom is -0.481 e. The van der Waals surface area contributed by atoms with E-state index in [0.29, 0.717) is 11.8 Å². The first-order chi connectivity index (χ1) is 7.25. The van der Waals surface area contributed by atoms with E-state index in [1.165, 1.54) is 11.1 Å². The predicted molar refractivity (Wildman–Crippen MR) is 56.6 cm³/mol. The van der Waals surface area contributed by atoms with E-state index in [1.54, 1.807) is 0 Å². The molecule has 1 aromatic carbocycles. The minimum atomic E-state index is -0.601. The number of carboxylic acid groups (broad SMARTS) is 1. The number of fused-ring (bicyclic) bond motifs is 1. The summed E-state index contributed by atoms with van der Waals surface area (Å²) in [7, 11) is 0. The van der Waals surface area contributed by atoms with E-state index in [4.69, 9.17) is 5.11 Å². The Labute approximate surface area is 88.9 Å². The first-order valence-electron chi connectivity index (χ1n) is 5.55. The van der Waals surface area contributed by atoms with Crippen LogP contribution in [0.3, 0.4) is 0 Å². The Morgan fingerprint density at radius 1 is 1.20 bits per heavy atom. The Balaban J connectivity index is 1.73. The predicted octanol–water partition coefficient (Wildman–Crippen LogP) is 2.12. The summed E-state index contributed by atoms with van der Waals surface area (Å²) < 4.78 is 0. The van der Waals surface area contributed by atoms with Crippen LogP contribution in [-0.2, 0) is 17.6 Å². The number of aliphatic carboxylic acids is 1. The molecule has 0 spiro atoms. The van der Waals surface area contributed by atoms with E-state index < -0.39 is 5.97 Å². The fourth-order valence-corrected chi connectivity index (χ4v) is 2.92. The van der Waals surface area contributed by atoms with Crippen molar-refractivity contribution in [1.82, 2.24) is 0 Å². The van der Waals surface area contributed by atoms with E-state index >= 15 is 0 Å². The van der Waals surface area contributed by atoms with Gasteiger partial charge < -0.3 is 5.11 Å². The number of hydrogen-bond acceptors (Lipinski definition) is 1. The Kier molecular flexibility index (Phi) is 1.84. The third kappa shape index (κ3) is 1.44. The number of hydrogen-bond donors (Lipinski definition) is 1. The maximum absolute atomic E-state index is 10.8. The molecule has 2 aliphatic carbocycles. The van der Waals surface area contributed by atoms with Crippen molar-refractivity contribution in [3.05, 3.63) is 35.4 Å². The molecule has 2 heteroatoms. The van der Waals surface area contributed by atoms with Crippen LogP contribution in [0.1, 0.15) is 17.5 Å². The molecular formula is C13H14O2. The van der Waals surface area contributed by atoms with Crippen LogP contribution in [0.25, 0.3) is 0 Å². The summed E-state index contributed by atoms with van der Waals surface area (Å²) in [5, 5.41) is 8.90. The van der Waals surface area contributed by atoms with E-state index in [9.17, 15) is 4.79 Å². The molecule has 1 fully saturated rings. The molecule has 2 atom stereocenters. The summed E-state index contributed by atoms with van der Waals surface area (Å²) in [6.45, 7) is 0. The van der Waals surface area contributed by atoms with Crippen molar-refractivity contribution >= 4 is 5.97 Å². The average molecular weight is 202 g/mol. The second kappa shape index (κ2) is 3.09. The van der Waals surface area contributed by atoms with Gasteiger partial charge in [0.15, 0.2) is 0 Å². The first-order valence-corrected chi connectivity index (χ1v) is 5.55. The highest BCUT2D eigenvalue weighted by atomic mass is 16.4. The van der Waals surface area contributed by atoms with Gasteiger partial charge in [-0.05, 0) is 42.2 Å². The number of benzene rings is 1. The quantitative estimate of drug-likeness (QED) is 0.797. The number of carboxylic acids is 1. The van der Waals surface area contributed by atoms with Crippen LogP contribution >= 0.6 is 0 Å². The topological polar surface area (TPSA) is 37.3 Å². The highest BCUT2D eigenvalue weighted by molar-refractivity contribution is 5.73. The van der Waals surface area contributed by atoms with Crippen molar-refractivity contribution in [3.8, 4) is 0 Å². The molecule has 0 amide bonds. The van der Waals surface area contributed by atoms with Crippen molar-refractivity contribution < 1.29 is 9.90 Å². The molecule has 0 aromatic heterocycles. The Bertz CT molecular complexity index is 386. The van der Waals surface area contributed by atoms with Crippen LogP contribution in [0, 0.1) is 17.8 Å². The van der Waals surface area contributed by atoms with Gasteiger partial charge in [-0.25, -0.2) is 0 Å². The second-order valence-corrected chi connectivity index (χ2v) is 4.78. The lowest BCUT2D eigenvalue weighted by Crippen LogP contribution is -2.08. The van der Waals surface area contributed by atoms with Crippen LogP contribution in [0.5, 0.6) is 0 Å². The summed E-state index contributed by atoms with van der Waals surface area (Å²) >= 11 is 0. The Morgan fingerprint density at radius 3 is 2.27 bits per heavy atom. The normalized spacial score (nSPS) is 28.8. The SMILES string of the molecule is O=C(O)C1CC1C1Cc2ccccc2C1. The first kappa shape index (κ1) is 8.96. The van der Waals surface area contributed by atoms with Gasteiger partial charge in [0.1, 0.15) is 0 Å². The van der Waals surface area contributed by atoms with Gasteiger partial charge in [-0.15, -0.1) is 0 Å². The molecule has 2 aliphatic rings. The third-order valence-electron chi connectivity index (χ3n) is 3.85. The maximum atomic E-state index is 10.8. The fraction of sp³-hybridized carbons (Fsp3) is 0.462. The zero-order chi connectivity index (χ0) is 10.4. The molecule has 1 N–H and O–H groups in total. The molecule has 0 saturated heterocycles. The lowest BCUT2D eigenvalue weighted by Gasteiger charge is -2.05. The van der Waals surface area contributed by atoms with Gasteiger partial charge in [-0.2, -0.15) is 0 Å². The molecule has 2 unspecified atom stereocenters. The van der Waals surface area contributed by atoms with Gasteiger partial charge in [-0.1, -0.05) is 24.3 Å². The molecule has 0 bridgehead atoms.